The van der Waals surface area contributed by atoms with Crippen molar-refractivity contribution in [2.75, 3.05) is 0 Å². The van der Waals surface area contributed by atoms with Gasteiger partial charge in [-0.3, -0.25) is 0 Å². The molecule has 14 heavy (non-hydrogen) atoms. The summed E-state index contributed by atoms with van der Waals surface area (Å²) in [6, 6.07) is 0. The van der Waals surface area contributed by atoms with E-state index in [0.29, 0.717) is 10.8 Å². The van der Waals surface area contributed by atoms with Gasteiger partial charge in [0.05, 0.1) is 0 Å². The average Bonchev–Trinajstić information content (AvgIpc) is 2.27. The molecular formula is C13H21Zr. The van der Waals surface area contributed by atoms with Crippen LogP contribution in [0.2, 0.25) is 0 Å². The quantitative estimate of drug-likeness (QED) is 0.617. The molecule has 77 valence electrons. The Labute approximate surface area is 104 Å². The van der Waals surface area contributed by atoms with Crippen LogP contribution in [0.4, 0.5) is 0 Å². The van der Waals surface area contributed by atoms with Gasteiger partial charge >= 0.3 is 104 Å². The fraction of sp³-hybridized carbons (Fsp3) is 0.692. The second kappa shape index (κ2) is 3.74. The summed E-state index contributed by atoms with van der Waals surface area (Å²) in [6.45, 7) is 13.9. The molecule has 0 aromatic rings. The number of rotatable bonds is 0. The van der Waals surface area contributed by atoms with Crippen LogP contribution in [0, 0.1) is 10.8 Å². The molecule has 0 nitrogen and oxygen atoms in total. The predicted molar refractivity (Wildman–Crippen MR) is 58.6 cm³/mol. The van der Waals surface area contributed by atoms with Gasteiger partial charge in [-0.15, -0.1) is 0 Å². The Hall–Kier alpha value is 0.363. The molecule has 0 fully saturated rings. The number of allylic oxidation sites excluding steroid dienone is 4. The van der Waals surface area contributed by atoms with Gasteiger partial charge in [0.25, 0.3) is 0 Å². The molecular weight excluding hydrogens is 247 g/mol. The first-order valence-corrected chi connectivity index (χ1v) is 6.53. The van der Waals surface area contributed by atoms with Crippen molar-refractivity contribution in [3.63, 3.8) is 0 Å². The summed E-state index contributed by atoms with van der Waals surface area (Å²) >= 11 is 1.59. The van der Waals surface area contributed by atoms with Gasteiger partial charge < -0.3 is 0 Å². The normalized spacial score (nSPS) is 18.8. The van der Waals surface area contributed by atoms with Crippen molar-refractivity contribution in [2.24, 2.45) is 10.8 Å². The number of hydrogen-bond donors (Lipinski definition) is 0. The van der Waals surface area contributed by atoms with Crippen LogP contribution in [0.5, 0.6) is 0 Å². The maximum absolute atomic E-state index is 2.44. The van der Waals surface area contributed by atoms with E-state index in [1.807, 2.05) is 0 Å². The van der Waals surface area contributed by atoms with Gasteiger partial charge in [0.15, 0.2) is 0 Å². The predicted octanol–water partition coefficient (Wildman–Crippen LogP) is 4.21. The minimum absolute atomic E-state index is 0.306. The zero-order chi connectivity index (χ0) is 11.1. The summed E-state index contributed by atoms with van der Waals surface area (Å²) in [5.74, 6) is 0. The molecule has 1 heteroatoms. The Morgan fingerprint density at radius 2 is 1.50 bits per heavy atom. The molecule has 0 aromatic carbocycles. The fourth-order valence-corrected chi connectivity index (χ4v) is 3.61. The van der Waals surface area contributed by atoms with Gasteiger partial charge in [-0.1, -0.05) is 0 Å². The summed E-state index contributed by atoms with van der Waals surface area (Å²) in [7, 11) is 0. The maximum atomic E-state index is 2.44. The molecule has 0 amide bonds. The van der Waals surface area contributed by atoms with E-state index in [9.17, 15) is 0 Å². The first kappa shape index (κ1) is 12.4. The van der Waals surface area contributed by atoms with Crippen molar-refractivity contribution in [2.45, 2.75) is 48.0 Å². The van der Waals surface area contributed by atoms with Crippen molar-refractivity contribution < 1.29 is 24.7 Å². The van der Waals surface area contributed by atoms with E-state index in [-0.39, 0.29) is 0 Å². The third kappa shape index (κ3) is 2.48. The van der Waals surface area contributed by atoms with E-state index < -0.39 is 0 Å². The Morgan fingerprint density at radius 3 is 1.79 bits per heavy atom. The fourth-order valence-electron chi connectivity index (χ4n) is 2.11. The first-order chi connectivity index (χ1) is 6.14. The molecule has 0 unspecified atom stereocenters. The zero-order valence-electron chi connectivity index (χ0n) is 10.3. The molecule has 0 saturated carbocycles. The Morgan fingerprint density at radius 1 is 1.00 bits per heavy atom. The second-order valence-corrected chi connectivity index (χ2v) is 7.66. The van der Waals surface area contributed by atoms with E-state index in [1.54, 1.807) is 39.1 Å². The van der Waals surface area contributed by atoms with E-state index in [4.69, 9.17) is 0 Å². The van der Waals surface area contributed by atoms with Crippen LogP contribution in [0.25, 0.3) is 0 Å². The molecule has 1 rings (SSSR count). The Balaban J connectivity index is 3.15. The van der Waals surface area contributed by atoms with Gasteiger partial charge in [-0.05, 0) is 0 Å². The molecule has 0 aliphatic heterocycles. The van der Waals surface area contributed by atoms with Gasteiger partial charge in [-0.2, -0.15) is 0 Å². The van der Waals surface area contributed by atoms with Gasteiger partial charge in [0, 0.05) is 0 Å². The van der Waals surface area contributed by atoms with Crippen molar-refractivity contribution in [1.29, 1.82) is 0 Å². The molecule has 0 atom stereocenters. The van der Waals surface area contributed by atoms with Crippen molar-refractivity contribution in [3.05, 3.63) is 20.5 Å². The number of hydrogen-bond acceptors (Lipinski definition) is 0. The molecule has 0 aromatic heterocycles. The van der Waals surface area contributed by atoms with Crippen molar-refractivity contribution >= 4 is 0 Å². The summed E-state index contributed by atoms with van der Waals surface area (Å²) in [5, 5.41) is 0. The molecule has 0 N–H and O–H groups in total. The SMILES string of the molecule is CC(C)(C)C1=CC[C]([Zr])=C1C(C)(C)C. The summed E-state index contributed by atoms with van der Waals surface area (Å²) in [4.78, 5) is 0. The van der Waals surface area contributed by atoms with E-state index in [1.165, 1.54) is 6.42 Å². The second-order valence-electron chi connectivity index (χ2n) is 6.18. The topological polar surface area (TPSA) is 0 Å². The molecule has 0 spiro atoms. The Bertz CT molecular complexity index is 292. The third-order valence-electron chi connectivity index (χ3n) is 2.64. The Kier molecular flexibility index (Phi) is 3.32. The van der Waals surface area contributed by atoms with Gasteiger partial charge in [0.1, 0.15) is 0 Å². The molecule has 0 bridgehead atoms. The van der Waals surface area contributed by atoms with Gasteiger partial charge in [0.2, 0.25) is 0 Å². The first-order valence-electron chi connectivity index (χ1n) is 5.30. The van der Waals surface area contributed by atoms with Crippen LogP contribution in [-0.2, 0) is 24.7 Å². The van der Waals surface area contributed by atoms with E-state index >= 15 is 0 Å². The third-order valence-corrected chi connectivity index (χ3v) is 3.76. The molecule has 0 saturated heterocycles. The zero-order valence-corrected chi connectivity index (χ0v) is 12.7. The van der Waals surface area contributed by atoms with Crippen LogP contribution in [0.3, 0.4) is 0 Å². The molecule has 0 radical (unpaired) electrons. The molecule has 1 aliphatic carbocycles. The molecule has 0 heterocycles. The van der Waals surface area contributed by atoms with Crippen LogP contribution in [-0.4, -0.2) is 0 Å². The van der Waals surface area contributed by atoms with Gasteiger partial charge in [-0.25, -0.2) is 0 Å². The van der Waals surface area contributed by atoms with Crippen LogP contribution in [0.1, 0.15) is 48.0 Å². The minimum atomic E-state index is 0.306. The van der Waals surface area contributed by atoms with Crippen LogP contribution < -0.4 is 0 Å². The average molecular weight is 269 g/mol. The van der Waals surface area contributed by atoms with Crippen LogP contribution in [0.15, 0.2) is 20.5 Å². The molecule has 1 aliphatic rings. The van der Waals surface area contributed by atoms with E-state index in [0.717, 1.165) is 0 Å². The summed E-state index contributed by atoms with van der Waals surface area (Å²) < 4.78 is 1.65. The van der Waals surface area contributed by atoms with E-state index in [2.05, 4.69) is 47.6 Å². The summed E-state index contributed by atoms with van der Waals surface area (Å²) in [5.41, 5.74) is 3.83. The van der Waals surface area contributed by atoms with Crippen LogP contribution >= 0.6 is 0 Å². The van der Waals surface area contributed by atoms with Crippen molar-refractivity contribution in [1.82, 2.24) is 0 Å². The summed E-state index contributed by atoms with van der Waals surface area (Å²) in [6.07, 6.45) is 3.63. The standard InChI is InChI=1S/C13H21.Zr/c1-12(2,3)10-8-7-9-11(10)13(4,5)6;/h8H,7H2,1-6H3;. The monoisotopic (exact) mass is 267 g/mol. The van der Waals surface area contributed by atoms with Crippen molar-refractivity contribution in [3.8, 4) is 0 Å².